The number of halogens is 4. The summed E-state index contributed by atoms with van der Waals surface area (Å²) in [6, 6.07) is 10.7. The molecule has 5 rings (SSSR count). The van der Waals surface area contributed by atoms with Gasteiger partial charge in [0.05, 0.1) is 30.0 Å². The first-order valence-corrected chi connectivity index (χ1v) is 11.4. The van der Waals surface area contributed by atoms with Gasteiger partial charge in [0, 0.05) is 37.3 Å². The summed E-state index contributed by atoms with van der Waals surface area (Å²) in [6.45, 7) is 1.31. The van der Waals surface area contributed by atoms with Crippen molar-refractivity contribution in [1.82, 2.24) is 35.4 Å². The lowest BCUT2D eigenvalue weighted by Crippen LogP contribution is -2.36. The predicted molar refractivity (Wildman–Crippen MR) is 127 cm³/mol. The molecule has 3 heterocycles. The molecule has 0 saturated carbocycles. The van der Waals surface area contributed by atoms with Gasteiger partial charge in [0.1, 0.15) is 5.82 Å². The van der Waals surface area contributed by atoms with Gasteiger partial charge < -0.3 is 15.7 Å². The third kappa shape index (κ3) is 6.32. The maximum absolute atomic E-state index is 14.8. The topological polar surface area (TPSA) is 127 Å². The Bertz CT molecular complexity index is 1440. The zero-order valence-corrected chi connectivity index (χ0v) is 20.0. The molecule has 0 unspecified atom stereocenters. The van der Waals surface area contributed by atoms with Crippen molar-refractivity contribution in [3.8, 4) is 11.1 Å². The predicted octanol–water partition coefficient (Wildman–Crippen LogP) is 2.76. The van der Waals surface area contributed by atoms with Crippen LogP contribution in [-0.4, -0.2) is 66.6 Å². The summed E-state index contributed by atoms with van der Waals surface area (Å²) in [5.41, 5.74) is 2.65. The number of carboxylic acids is 1. The lowest BCUT2D eigenvalue weighted by atomic mass is 10.0. The Balaban J connectivity index is 0.000000426. The maximum Gasteiger partial charge on any atom is 0.490 e. The zero-order chi connectivity index (χ0) is 27.4. The summed E-state index contributed by atoms with van der Waals surface area (Å²) in [5.74, 6) is -3.70. The molecular formula is C24H23F4N7O3. The first-order chi connectivity index (χ1) is 18.0. The summed E-state index contributed by atoms with van der Waals surface area (Å²) >= 11 is 0. The number of aromatic nitrogens is 5. The van der Waals surface area contributed by atoms with Crippen molar-refractivity contribution in [3.05, 3.63) is 66.4 Å². The zero-order valence-electron chi connectivity index (χ0n) is 20.0. The molecule has 2 aromatic heterocycles. The Hall–Kier alpha value is -4.33. The van der Waals surface area contributed by atoms with Gasteiger partial charge in [-0.15, -0.1) is 5.10 Å². The van der Waals surface area contributed by atoms with Crippen LogP contribution in [0.15, 0.2) is 55.0 Å². The molecule has 10 nitrogen and oxygen atoms in total. The van der Waals surface area contributed by atoms with E-state index in [1.165, 1.54) is 6.07 Å². The van der Waals surface area contributed by atoms with Crippen LogP contribution in [0.25, 0.3) is 22.0 Å². The van der Waals surface area contributed by atoms with E-state index in [1.807, 2.05) is 25.2 Å². The van der Waals surface area contributed by atoms with E-state index in [4.69, 9.17) is 9.90 Å². The van der Waals surface area contributed by atoms with Crippen LogP contribution in [0.2, 0.25) is 0 Å². The number of aryl methyl sites for hydroxylation is 1. The van der Waals surface area contributed by atoms with Gasteiger partial charge >= 0.3 is 12.1 Å². The third-order valence-electron chi connectivity index (χ3n) is 5.97. The Morgan fingerprint density at radius 2 is 1.89 bits per heavy atom. The van der Waals surface area contributed by atoms with Crippen LogP contribution in [0, 0.1) is 5.82 Å². The largest absolute Gasteiger partial charge is 0.490 e. The average Bonchev–Trinajstić information content (AvgIpc) is 3.61. The quantitative estimate of drug-likeness (QED) is 0.337. The fraction of sp³-hybridized carbons (Fsp3) is 0.292. The normalized spacial score (nSPS) is 17.2. The number of rotatable bonds is 5. The first kappa shape index (κ1) is 26.7. The molecule has 200 valence electrons. The maximum atomic E-state index is 14.8. The molecule has 1 fully saturated rings. The second-order valence-electron chi connectivity index (χ2n) is 8.68. The van der Waals surface area contributed by atoms with Crippen molar-refractivity contribution in [2.45, 2.75) is 31.2 Å². The first-order valence-electron chi connectivity index (χ1n) is 11.4. The lowest BCUT2D eigenvalue weighted by molar-refractivity contribution is -0.192. The molecule has 3 N–H and O–H groups in total. The van der Waals surface area contributed by atoms with Gasteiger partial charge in [0.2, 0.25) is 0 Å². The molecule has 0 bridgehead atoms. The number of carboxylic acid groups (broad SMARTS) is 1. The van der Waals surface area contributed by atoms with Crippen LogP contribution in [0.3, 0.4) is 0 Å². The molecule has 1 aliphatic rings. The lowest BCUT2D eigenvalue weighted by Gasteiger charge is -2.13. The number of carbonyl (C=O) groups is 2. The highest BCUT2D eigenvalue weighted by molar-refractivity contribution is 5.95. The Morgan fingerprint density at radius 3 is 2.55 bits per heavy atom. The summed E-state index contributed by atoms with van der Waals surface area (Å²) in [5, 5.41) is 26.4. The number of benzene rings is 2. The van der Waals surface area contributed by atoms with E-state index in [9.17, 15) is 22.4 Å². The molecule has 38 heavy (non-hydrogen) atoms. The van der Waals surface area contributed by atoms with Gasteiger partial charge in [-0.3, -0.25) is 14.2 Å². The van der Waals surface area contributed by atoms with Gasteiger partial charge in [-0.05, 0) is 41.8 Å². The number of nitrogens with one attached hydrogen (secondary N) is 2. The molecule has 2 aromatic carbocycles. The minimum atomic E-state index is -5.08. The van der Waals surface area contributed by atoms with Gasteiger partial charge in [-0.1, -0.05) is 17.3 Å². The number of hydrogen-bond donors (Lipinski definition) is 3. The number of nitrogens with zero attached hydrogens (tertiary/aromatic N) is 5. The number of aliphatic carboxylic acids is 1. The summed E-state index contributed by atoms with van der Waals surface area (Å²) in [7, 11) is 1.88. The Morgan fingerprint density at radius 1 is 1.18 bits per heavy atom. The second-order valence-corrected chi connectivity index (χ2v) is 8.68. The number of hydrogen-bond acceptors (Lipinski definition) is 6. The van der Waals surface area contributed by atoms with Gasteiger partial charge in [-0.25, -0.2) is 9.18 Å². The molecule has 2 atom stereocenters. The fourth-order valence-corrected chi connectivity index (χ4v) is 4.11. The molecule has 1 amide bonds. The van der Waals surface area contributed by atoms with Crippen molar-refractivity contribution >= 4 is 22.8 Å². The number of amides is 1. The molecule has 1 saturated heterocycles. The molecule has 4 aromatic rings. The van der Waals surface area contributed by atoms with E-state index < -0.39 is 23.9 Å². The Kier molecular flexibility index (Phi) is 7.71. The van der Waals surface area contributed by atoms with Crippen molar-refractivity contribution in [2.75, 3.05) is 6.54 Å². The number of fused-ring (bicyclic) bond motifs is 1. The summed E-state index contributed by atoms with van der Waals surface area (Å²) < 4.78 is 50.1. The van der Waals surface area contributed by atoms with E-state index in [-0.39, 0.29) is 17.6 Å². The van der Waals surface area contributed by atoms with E-state index in [0.717, 1.165) is 28.5 Å². The van der Waals surface area contributed by atoms with Crippen molar-refractivity contribution in [2.24, 2.45) is 7.05 Å². The van der Waals surface area contributed by atoms with Crippen LogP contribution in [-0.2, 0) is 18.4 Å². The van der Waals surface area contributed by atoms with Gasteiger partial charge in [-0.2, -0.15) is 18.3 Å². The van der Waals surface area contributed by atoms with Crippen LogP contribution in [0.1, 0.15) is 16.8 Å². The third-order valence-corrected chi connectivity index (χ3v) is 5.97. The minimum absolute atomic E-state index is 0.0472. The smallest absolute Gasteiger partial charge is 0.475 e. The highest BCUT2D eigenvalue weighted by Crippen LogP contribution is 2.26. The summed E-state index contributed by atoms with van der Waals surface area (Å²) in [6.07, 6.45) is 0.880. The summed E-state index contributed by atoms with van der Waals surface area (Å²) in [4.78, 5) is 21.5. The van der Waals surface area contributed by atoms with Crippen LogP contribution in [0.5, 0.6) is 0 Å². The van der Waals surface area contributed by atoms with Gasteiger partial charge in [0.15, 0.2) is 0 Å². The van der Waals surface area contributed by atoms with E-state index in [1.54, 1.807) is 40.1 Å². The van der Waals surface area contributed by atoms with E-state index in [0.29, 0.717) is 13.1 Å². The SMILES string of the molecule is Cn1ncc2cc(-c3ccc(C(=O)N[C@H]4CN[C@H](Cn5ccnn5)C4)c(F)c3)ccc21.O=C(O)C(F)(F)F. The molecule has 0 radical (unpaired) electrons. The number of alkyl halides is 3. The molecule has 14 heteroatoms. The molecule has 0 spiro atoms. The Labute approximate surface area is 213 Å². The van der Waals surface area contributed by atoms with Crippen molar-refractivity contribution in [3.63, 3.8) is 0 Å². The van der Waals surface area contributed by atoms with Crippen LogP contribution < -0.4 is 10.6 Å². The van der Waals surface area contributed by atoms with E-state index in [2.05, 4.69) is 26.0 Å². The average molecular weight is 533 g/mol. The second kappa shape index (κ2) is 11.0. The number of carbonyl (C=O) groups excluding carboxylic acids is 1. The molecule has 1 aliphatic heterocycles. The van der Waals surface area contributed by atoms with Gasteiger partial charge in [0.25, 0.3) is 5.91 Å². The minimum Gasteiger partial charge on any atom is -0.475 e. The van der Waals surface area contributed by atoms with Crippen LogP contribution in [0.4, 0.5) is 17.6 Å². The fourth-order valence-electron chi connectivity index (χ4n) is 4.11. The molecular weight excluding hydrogens is 510 g/mol. The van der Waals surface area contributed by atoms with Crippen molar-refractivity contribution < 1.29 is 32.3 Å². The van der Waals surface area contributed by atoms with E-state index >= 15 is 0 Å². The molecule has 0 aliphatic carbocycles. The van der Waals surface area contributed by atoms with Crippen molar-refractivity contribution in [1.29, 1.82) is 0 Å². The van der Waals surface area contributed by atoms with Crippen LogP contribution >= 0.6 is 0 Å². The monoisotopic (exact) mass is 533 g/mol. The highest BCUT2D eigenvalue weighted by atomic mass is 19.4. The highest BCUT2D eigenvalue weighted by Gasteiger charge is 2.38. The standard InChI is InChI=1S/C22H22FN7O.C2HF3O2/c1-29-21-5-3-14(8-16(21)11-26-29)15-2-4-19(20(23)9-15)22(31)27-17-10-18(24-12-17)13-30-7-6-25-28-30;3-2(4,5)1(6)7/h2-9,11,17-18,24H,10,12-13H2,1H3,(H,27,31);(H,6,7)/t17-,18+;/m1./s1.